The number of hydrogen-bond donors (Lipinski definition) is 1. The van der Waals surface area contributed by atoms with E-state index < -0.39 is 0 Å². The quantitative estimate of drug-likeness (QED) is 0.839. The topological polar surface area (TPSA) is 24.9 Å². The Hall–Kier alpha value is -1.06. The molecule has 15 heavy (non-hydrogen) atoms. The standard InChI is InChI=1S/C11H8BrClN2/c12-15-11-5-9(6-14-7-11)8-1-3-10(13)4-2-8/h1-7,15H. The smallest absolute Gasteiger partial charge is 0.0632 e. The first kappa shape index (κ1) is 10.5. The lowest BCUT2D eigenvalue weighted by Crippen LogP contribution is -1.84. The van der Waals surface area contributed by atoms with Crippen molar-refractivity contribution in [1.29, 1.82) is 0 Å². The monoisotopic (exact) mass is 282 g/mol. The minimum absolute atomic E-state index is 0.737. The second-order valence-electron chi connectivity index (χ2n) is 3.06. The van der Waals surface area contributed by atoms with Crippen molar-refractivity contribution >= 4 is 33.4 Å². The number of pyridine rings is 1. The van der Waals surface area contributed by atoms with Crippen LogP contribution in [0.15, 0.2) is 42.7 Å². The first-order valence-corrected chi connectivity index (χ1v) is 5.54. The third kappa shape index (κ3) is 2.49. The van der Waals surface area contributed by atoms with Crippen molar-refractivity contribution in [2.75, 3.05) is 4.34 Å². The van der Waals surface area contributed by atoms with Crippen molar-refractivity contribution in [2.45, 2.75) is 0 Å². The van der Waals surface area contributed by atoms with Gasteiger partial charge < -0.3 is 4.34 Å². The van der Waals surface area contributed by atoms with E-state index >= 15 is 0 Å². The van der Waals surface area contributed by atoms with Gasteiger partial charge in [-0.2, -0.15) is 0 Å². The molecular formula is C11H8BrClN2. The SMILES string of the molecule is Clc1ccc(-c2cncc(NBr)c2)cc1. The molecule has 0 saturated carbocycles. The molecular weight excluding hydrogens is 275 g/mol. The molecule has 1 N–H and O–H groups in total. The Morgan fingerprint density at radius 2 is 1.80 bits per heavy atom. The summed E-state index contributed by atoms with van der Waals surface area (Å²) in [5.41, 5.74) is 3.06. The summed E-state index contributed by atoms with van der Waals surface area (Å²) in [4.78, 5) is 4.13. The summed E-state index contributed by atoms with van der Waals surface area (Å²) in [5, 5.41) is 0.737. The molecule has 2 rings (SSSR count). The van der Waals surface area contributed by atoms with Gasteiger partial charge in [0, 0.05) is 32.9 Å². The predicted octanol–water partition coefficient (Wildman–Crippen LogP) is 4.12. The van der Waals surface area contributed by atoms with Crippen molar-refractivity contribution in [3.63, 3.8) is 0 Å². The van der Waals surface area contributed by atoms with Crippen LogP contribution in [-0.2, 0) is 0 Å². The molecule has 1 heterocycles. The van der Waals surface area contributed by atoms with Gasteiger partial charge in [0.2, 0.25) is 0 Å². The van der Waals surface area contributed by atoms with Crippen molar-refractivity contribution < 1.29 is 0 Å². The lowest BCUT2D eigenvalue weighted by atomic mass is 10.1. The third-order valence-corrected chi connectivity index (χ3v) is 2.73. The number of aromatic nitrogens is 1. The van der Waals surface area contributed by atoms with Gasteiger partial charge in [-0.05, 0) is 23.8 Å². The molecule has 0 fully saturated rings. The maximum atomic E-state index is 5.82. The molecule has 76 valence electrons. The number of anilines is 1. The number of nitrogens with zero attached hydrogens (tertiary/aromatic N) is 1. The summed E-state index contributed by atoms with van der Waals surface area (Å²) in [6, 6.07) is 9.68. The molecule has 2 nitrogen and oxygen atoms in total. The number of hydrogen-bond acceptors (Lipinski definition) is 2. The van der Waals surface area contributed by atoms with Crippen LogP contribution in [0.1, 0.15) is 0 Å². The van der Waals surface area contributed by atoms with Crippen LogP contribution in [0.25, 0.3) is 11.1 Å². The van der Waals surface area contributed by atoms with Crippen molar-refractivity contribution in [1.82, 2.24) is 4.98 Å². The second-order valence-corrected chi connectivity index (χ2v) is 3.90. The molecule has 1 aromatic heterocycles. The van der Waals surface area contributed by atoms with Gasteiger partial charge in [-0.25, -0.2) is 0 Å². The zero-order chi connectivity index (χ0) is 10.7. The van der Waals surface area contributed by atoms with E-state index in [9.17, 15) is 0 Å². The first-order valence-electron chi connectivity index (χ1n) is 4.37. The summed E-state index contributed by atoms with van der Waals surface area (Å²) >= 11 is 8.99. The maximum Gasteiger partial charge on any atom is 0.0632 e. The van der Waals surface area contributed by atoms with Gasteiger partial charge in [0.25, 0.3) is 0 Å². The Morgan fingerprint density at radius 1 is 1.07 bits per heavy atom. The molecule has 0 saturated heterocycles. The summed E-state index contributed by atoms with van der Waals surface area (Å²) < 4.78 is 2.87. The number of nitrogens with one attached hydrogen (secondary N) is 1. The zero-order valence-corrected chi connectivity index (χ0v) is 10.1. The number of rotatable bonds is 2. The van der Waals surface area contributed by atoms with E-state index in [-0.39, 0.29) is 0 Å². The fourth-order valence-corrected chi connectivity index (χ4v) is 1.63. The number of halogens is 2. The molecule has 0 unspecified atom stereocenters. The normalized spacial score (nSPS) is 10.0. The predicted molar refractivity (Wildman–Crippen MR) is 67.2 cm³/mol. The maximum absolute atomic E-state index is 5.82. The van der Waals surface area contributed by atoms with E-state index in [1.54, 1.807) is 6.20 Å². The molecule has 1 aromatic carbocycles. The van der Waals surface area contributed by atoms with E-state index in [1.165, 1.54) is 0 Å². The molecule has 4 heteroatoms. The highest BCUT2D eigenvalue weighted by atomic mass is 79.9. The Morgan fingerprint density at radius 3 is 2.47 bits per heavy atom. The highest BCUT2D eigenvalue weighted by molar-refractivity contribution is 9.10. The highest BCUT2D eigenvalue weighted by Gasteiger charge is 1.99. The molecule has 0 aliphatic heterocycles. The van der Waals surface area contributed by atoms with Crippen LogP contribution in [0.3, 0.4) is 0 Å². The first-order chi connectivity index (χ1) is 7.29. The average molecular weight is 284 g/mol. The van der Waals surface area contributed by atoms with Gasteiger partial charge in [-0.15, -0.1) is 0 Å². The van der Waals surface area contributed by atoms with Crippen molar-refractivity contribution in [2.24, 2.45) is 0 Å². The van der Waals surface area contributed by atoms with E-state index in [0.29, 0.717) is 0 Å². The molecule has 0 radical (unpaired) electrons. The van der Waals surface area contributed by atoms with Crippen LogP contribution in [0.2, 0.25) is 5.02 Å². The highest BCUT2D eigenvalue weighted by Crippen LogP contribution is 2.23. The van der Waals surface area contributed by atoms with Crippen LogP contribution >= 0.6 is 27.7 Å². The summed E-state index contributed by atoms with van der Waals surface area (Å²) in [6.45, 7) is 0. The van der Waals surface area contributed by atoms with E-state index in [1.807, 2.05) is 36.5 Å². The van der Waals surface area contributed by atoms with Gasteiger partial charge in [-0.3, -0.25) is 4.98 Å². The summed E-state index contributed by atoms with van der Waals surface area (Å²) in [5.74, 6) is 0. The molecule has 0 amide bonds. The minimum atomic E-state index is 0.737. The fourth-order valence-electron chi connectivity index (χ4n) is 1.29. The molecule has 0 spiro atoms. The fraction of sp³-hybridized carbons (Fsp3) is 0. The largest absolute Gasteiger partial charge is 0.321 e. The van der Waals surface area contributed by atoms with Crippen LogP contribution in [0.5, 0.6) is 0 Å². The van der Waals surface area contributed by atoms with Gasteiger partial charge in [0.05, 0.1) is 11.9 Å². The van der Waals surface area contributed by atoms with E-state index in [4.69, 9.17) is 11.6 Å². The van der Waals surface area contributed by atoms with Crippen molar-refractivity contribution in [3.8, 4) is 11.1 Å². The van der Waals surface area contributed by atoms with E-state index in [0.717, 1.165) is 21.8 Å². The Balaban J connectivity index is 2.40. The van der Waals surface area contributed by atoms with Crippen LogP contribution in [0, 0.1) is 0 Å². The van der Waals surface area contributed by atoms with Crippen LogP contribution in [0.4, 0.5) is 5.69 Å². The molecule has 0 atom stereocenters. The van der Waals surface area contributed by atoms with Gasteiger partial charge in [0.1, 0.15) is 0 Å². The second kappa shape index (κ2) is 4.64. The van der Waals surface area contributed by atoms with Gasteiger partial charge in [0.15, 0.2) is 0 Å². The van der Waals surface area contributed by atoms with Crippen LogP contribution in [-0.4, -0.2) is 4.98 Å². The summed E-state index contributed by atoms with van der Waals surface area (Å²) in [7, 11) is 0. The van der Waals surface area contributed by atoms with E-state index in [2.05, 4.69) is 25.5 Å². The Bertz CT molecular complexity index is 456. The molecule has 0 aliphatic rings. The lowest BCUT2D eigenvalue weighted by Gasteiger charge is -2.03. The summed E-state index contributed by atoms with van der Waals surface area (Å²) in [6.07, 6.45) is 3.56. The van der Waals surface area contributed by atoms with Gasteiger partial charge in [-0.1, -0.05) is 23.7 Å². The Labute approximate surface area is 102 Å². The molecule has 0 bridgehead atoms. The minimum Gasteiger partial charge on any atom is -0.321 e. The lowest BCUT2D eigenvalue weighted by molar-refractivity contribution is 1.33. The van der Waals surface area contributed by atoms with Crippen LogP contribution < -0.4 is 4.34 Å². The van der Waals surface area contributed by atoms with Crippen molar-refractivity contribution in [3.05, 3.63) is 47.7 Å². The third-order valence-electron chi connectivity index (χ3n) is 2.02. The average Bonchev–Trinajstić information content (AvgIpc) is 2.30. The molecule has 0 aliphatic carbocycles. The van der Waals surface area contributed by atoms with Gasteiger partial charge >= 0.3 is 0 Å². The molecule has 2 aromatic rings. The Kier molecular flexibility index (Phi) is 3.23. The number of benzene rings is 1. The zero-order valence-electron chi connectivity index (χ0n) is 7.74.